The summed E-state index contributed by atoms with van der Waals surface area (Å²) >= 11 is 1.60. The molecule has 8 heteroatoms. The Morgan fingerprint density at radius 3 is 2.47 bits per heavy atom. The number of nitrogens with zero attached hydrogens (tertiary/aromatic N) is 1. The van der Waals surface area contributed by atoms with Gasteiger partial charge < -0.3 is 19.7 Å². The van der Waals surface area contributed by atoms with Crippen LogP contribution in [-0.2, 0) is 30.5 Å². The lowest BCUT2D eigenvalue weighted by atomic mass is 9.86. The van der Waals surface area contributed by atoms with Gasteiger partial charge in [0.15, 0.2) is 0 Å². The second-order valence-electron chi connectivity index (χ2n) is 11.1. The fourth-order valence-corrected chi connectivity index (χ4v) is 6.65. The molecule has 0 radical (unpaired) electrons. The van der Waals surface area contributed by atoms with Gasteiger partial charge in [-0.05, 0) is 49.5 Å². The van der Waals surface area contributed by atoms with Crippen LogP contribution in [0.4, 0.5) is 0 Å². The molecule has 1 aromatic carbocycles. The molecule has 1 saturated carbocycles. The van der Waals surface area contributed by atoms with Crippen LogP contribution in [0.3, 0.4) is 0 Å². The monoisotopic (exact) mass is 546 g/mol. The van der Waals surface area contributed by atoms with Gasteiger partial charge in [0.05, 0.1) is 13.7 Å². The predicted octanol–water partition coefficient (Wildman–Crippen LogP) is 4.97. The van der Waals surface area contributed by atoms with Gasteiger partial charge >= 0.3 is 5.97 Å². The first kappa shape index (κ1) is 30.5. The van der Waals surface area contributed by atoms with Crippen LogP contribution in [0.1, 0.15) is 77.2 Å². The summed E-state index contributed by atoms with van der Waals surface area (Å²) in [7, 11) is 1.34. The molecule has 212 valence electrons. The summed E-state index contributed by atoms with van der Waals surface area (Å²) in [5, 5.41) is 2.88. The normalized spacial score (nSPS) is 19.8. The lowest BCUT2D eigenvalue weighted by Gasteiger charge is -2.28. The third-order valence-electron chi connectivity index (χ3n) is 7.55. The molecule has 0 spiro atoms. The van der Waals surface area contributed by atoms with Crippen molar-refractivity contribution in [3.05, 3.63) is 35.9 Å². The smallest absolute Gasteiger partial charge is 0.329 e. The van der Waals surface area contributed by atoms with Crippen molar-refractivity contribution < 1.29 is 23.9 Å². The number of esters is 1. The average molecular weight is 547 g/mol. The van der Waals surface area contributed by atoms with Crippen LogP contribution in [0.2, 0.25) is 0 Å². The molecule has 1 aromatic rings. The largest absolute Gasteiger partial charge is 0.467 e. The van der Waals surface area contributed by atoms with Crippen molar-refractivity contribution in [2.75, 3.05) is 25.2 Å². The van der Waals surface area contributed by atoms with Gasteiger partial charge in [-0.1, -0.05) is 63.4 Å². The molecule has 3 rings (SSSR count). The Bertz CT molecular complexity index is 875. The predicted molar refractivity (Wildman–Crippen MR) is 152 cm³/mol. The maximum atomic E-state index is 13.2. The molecule has 2 fully saturated rings. The quantitative estimate of drug-likeness (QED) is 0.332. The van der Waals surface area contributed by atoms with Crippen LogP contribution >= 0.6 is 11.8 Å². The van der Waals surface area contributed by atoms with Crippen molar-refractivity contribution in [1.29, 1.82) is 0 Å². The van der Waals surface area contributed by atoms with E-state index in [1.54, 1.807) is 11.8 Å². The number of likely N-dealkylation sites (tertiary alicyclic amines) is 1. The van der Waals surface area contributed by atoms with Gasteiger partial charge in [-0.2, -0.15) is 11.8 Å². The Labute approximate surface area is 232 Å². The second kappa shape index (κ2) is 16.1. The van der Waals surface area contributed by atoms with Crippen LogP contribution in [0.15, 0.2) is 30.3 Å². The highest BCUT2D eigenvalue weighted by atomic mass is 32.2. The molecular weight excluding hydrogens is 500 g/mol. The van der Waals surface area contributed by atoms with E-state index in [0.29, 0.717) is 31.1 Å². The van der Waals surface area contributed by atoms with E-state index in [2.05, 4.69) is 10.2 Å². The van der Waals surface area contributed by atoms with Crippen LogP contribution in [0.5, 0.6) is 0 Å². The van der Waals surface area contributed by atoms with Gasteiger partial charge in [0.2, 0.25) is 11.8 Å². The number of thioether (sulfide) groups is 1. The van der Waals surface area contributed by atoms with E-state index < -0.39 is 18.1 Å². The van der Waals surface area contributed by atoms with Gasteiger partial charge in [-0.25, -0.2) is 4.79 Å². The molecule has 2 amide bonds. The van der Waals surface area contributed by atoms with Crippen molar-refractivity contribution in [1.82, 2.24) is 10.2 Å². The van der Waals surface area contributed by atoms with E-state index in [1.165, 1.54) is 39.2 Å². The van der Waals surface area contributed by atoms with Crippen LogP contribution < -0.4 is 5.32 Å². The summed E-state index contributed by atoms with van der Waals surface area (Å²) in [5.74, 6) is 1.46. The van der Waals surface area contributed by atoms with E-state index in [9.17, 15) is 14.4 Å². The molecule has 7 nitrogen and oxygen atoms in total. The highest BCUT2D eigenvalue weighted by molar-refractivity contribution is 7.99. The van der Waals surface area contributed by atoms with E-state index in [4.69, 9.17) is 9.47 Å². The number of rotatable bonds is 14. The standard InChI is InChI=1S/C30H46N2O5S/c1-22(2)17-27(37-19-24-13-8-5-9-14-24)29(34)31-26(30(35)36-3)21-38-20-25-15-10-16-32(25)28(33)18-23-11-6-4-7-12-23/h5,8-9,13-14,22-23,25-27H,4,6-7,10-12,15-21H2,1-3H3,(H,31,34)/t25-,26+,27+/m1/s1. The fourth-order valence-electron chi connectivity index (χ4n) is 5.44. The Morgan fingerprint density at radius 2 is 1.79 bits per heavy atom. The van der Waals surface area contributed by atoms with Gasteiger partial charge in [0.25, 0.3) is 0 Å². The minimum absolute atomic E-state index is 0.188. The van der Waals surface area contributed by atoms with E-state index >= 15 is 0 Å². The van der Waals surface area contributed by atoms with Gasteiger partial charge in [0.1, 0.15) is 12.1 Å². The molecule has 0 unspecified atom stereocenters. The summed E-state index contributed by atoms with van der Waals surface area (Å²) in [6.45, 7) is 5.24. The van der Waals surface area contributed by atoms with E-state index in [-0.39, 0.29) is 23.8 Å². The maximum absolute atomic E-state index is 13.2. The zero-order valence-corrected chi connectivity index (χ0v) is 24.2. The van der Waals surface area contributed by atoms with E-state index in [1.807, 2.05) is 44.2 Å². The lowest BCUT2D eigenvalue weighted by Crippen LogP contribution is -2.48. The van der Waals surface area contributed by atoms with Gasteiger partial charge in [-0.15, -0.1) is 0 Å². The zero-order chi connectivity index (χ0) is 27.3. The molecule has 1 heterocycles. The zero-order valence-electron chi connectivity index (χ0n) is 23.4. The van der Waals surface area contributed by atoms with Crippen LogP contribution in [-0.4, -0.2) is 66.0 Å². The summed E-state index contributed by atoms with van der Waals surface area (Å²) in [6.07, 6.45) is 8.70. The van der Waals surface area contributed by atoms with Gasteiger partial charge in [-0.3, -0.25) is 9.59 Å². The third kappa shape index (κ3) is 9.92. The summed E-state index contributed by atoms with van der Waals surface area (Å²) < 4.78 is 11.0. The molecule has 1 aliphatic heterocycles. The first-order chi connectivity index (χ1) is 18.4. The highest BCUT2D eigenvalue weighted by Gasteiger charge is 2.32. The average Bonchev–Trinajstić information content (AvgIpc) is 3.39. The van der Waals surface area contributed by atoms with Crippen molar-refractivity contribution in [2.45, 2.75) is 96.4 Å². The molecule has 1 aliphatic carbocycles. The number of amides is 2. The Balaban J connectivity index is 1.51. The molecule has 3 atom stereocenters. The first-order valence-electron chi connectivity index (χ1n) is 14.3. The van der Waals surface area contributed by atoms with Crippen LogP contribution in [0.25, 0.3) is 0 Å². The SMILES string of the molecule is COC(=O)[C@H](CSC[C@H]1CCCN1C(=O)CC1CCCCC1)NC(=O)[C@H](CC(C)C)OCc1ccccc1. The Kier molecular flexibility index (Phi) is 12.9. The molecule has 1 saturated heterocycles. The number of hydrogen-bond acceptors (Lipinski definition) is 6. The summed E-state index contributed by atoms with van der Waals surface area (Å²) in [5.41, 5.74) is 0.994. The minimum Gasteiger partial charge on any atom is -0.467 e. The Hall–Kier alpha value is -2.06. The van der Waals surface area contributed by atoms with Crippen molar-refractivity contribution in [3.8, 4) is 0 Å². The molecule has 0 bridgehead atoms. The Morgan fingerprint density at radius 1 is 1.05 bits per heavy atom. The summed E-state index contributed by atoms with van der Waals surface area (Å²) in [6, 6.07) is 9.17. The number of methoxy groups -OCH3 is 1. The van der Waals surface area contributed by atoms with Crippen molar-refractivity contribution in [2.24, 2.45) is 11.8 Å². The summed E-state index contributed by atoms with van der Waals surface area (Å²) in [4.78, 5) is 40.8. The number of benzene rings is 1. The fraction of sp³-hybridized carbons (Fsp3) is 0.700. The van der Waals surface area contributed by atoms with Crippen LogP contribution in [0, 0.1) is 11.8 Å². The number of carbonyl (C=O) groups excluding carboxylic acids is 3. The van der Waals surface area contributed by atoms with Crippen molar-refractivity contribution >= 4 is 29.5 Å². The number of ether oxygens (including phenoxy) is 2. The first-order valence-corrected chi connectivity index (χ1v) is 15.4. The second-order valence-corrected chi connectivity index (χ2v) is 12.2. The molecule has 0 aromatic heterocycles. The topological polar surface area (TPSA) is 84.9 Å². The lowest BCUT2D eigenvalue weighted by molar-refractivity contribution is -0.146. The molecular formula is C30H46N2O5S. The van der Waals surface area contributed by atoms with Gasteiger partial charge in [0, 0.05) is 30.5 Å². The highest BCUT2D eigenvalue weighted by Crippen LogP contribution is 2.29. The number of nitrogens with one attached hydrogen (secondary N) is 1. The van der Waals surface area contributed by atoms with E-state index in [0.717, 1.165) is 30.7 Å². The molecule has 38 heavy (non-hydrogen) atoms. The third-order valence-corrected chi connectivity index (χ3v) is 8.74. The molecule has 2 aliphatic rings. The van der Waals surface area contributed by atoms with Crippen molar-refractivity contribution in [3.63, 3.8) is 0 Å². The number of carbonyl (C=O) groups is 3. The maximum Gasteiger partial charge on any atom is 0.329 e. The molecule has 1 N–H and O–H groups in total. The number of hydrogen-bond donors (Lipinski definition) is 1. The minimum atomic E-state index is -0.764.